The van der Waals surface area contributed by atoms with Crippen molar-refractivity contribution >= 4 is 29.3 Å². The zero-order chi connectivity index (χ0) is 19.8. The number of nitrogens with one attached hydrogen (secondary N) is 1. The molecule has 4 nitrogen and oxygen atoms in total. The van der Waals surface area contributed by atoms with Crippen LogP contribution < -0.4 is 10.1 Å². The molecule has 0 radical (unpaired) electrons. The standard InChI is InChI=1S/C23H17ClN2O2/c24-20-8-4-7-18(13-20)16-28-22-11-5-6-17(14-22)12-19(15-25)23(27)26-21-9-2-1-3-10-21/h1-14H,16H2,(H,26,27)/b19-12-. The van der Waals surface area contributed by atoms with Gasteiger partial charge in [0.15, 0.2) is 0 Å². The van der Waals surface area contributed by atoms with E-state index < -0.39 is 5.91 Å². The number of hydrogen-bond donors (Lipinski definition) is 1. The number of nitriles is 1. The maximum absolute atomic E-state index is 12.3. The van der Waals surface area contributed by atoms with Gasteiger partial charge in [0.2, 0.25) is 0 Å². The number of anilines is 1. The third kappa shape index (κ3) is 5.47. The van der Waals surface area contributed by atoms with Gasteiger partial charge in [0.05, 0.1) is 0 Å². The monoisotopic (exact) mass is 388 g/mol. The van der Waals surface area contributed by atoms with Crippen molar-refractivity contribution in [2.45, 2.75) is 6.61 Å². The Morgan fingerprint density at radius 1 is 1.04 bits per heavy atom. The van der Waals surface area contributed by atoms with Gasteiger partial charge in [0.1, 0.15) is 24.0 Å². The molecule has 0 saturated heterocycles. The molecular weight excluding hydrogens is 372 g/mol. The third-order valence-corrected chi connectivity index (χ3v) is 4.10. The molecule has 1 amide bonds. The van der Waals surface area contributed by atoms with E-state index in [0.29, 0.717) is 28.6 Å². The minimum absolute atomic E-state index is 0.0100. The van der Waals surface area contributed by atoms with Crippen molar-refractivity contribution in [3.8, 4) is 11.8 Å². The number of carbonyl (C=O) groups excluding carboxylic acids is 1. The van der Waals surface area contributed by atoms with Gasteiger partial charge in [-0.2, -0.15) is 5.26 Å². The van der Waals surface area contributed by atoms with E-state index >= 15 is 0 Å². The Morgan fingerprint density at radius 3 is 2.57 bits per heavy atom. The van der Waals surface area contributed by atoms with Crippen LogP contribution in [0, 0.1) is 11.3 Å². The van der Waals surface area contributed by atoms with Crippen molar-refractivity contribution in [2.75, 3.05) is 5.32 Å². The Labute approximate surface area is 168 Å². The molecule has 0 atom stereocenters. The van der Waals surface area contributed by atoms with Gasteiger partial charge in [0.25, 0.3) is 5.91 Å². The lowest BCUT2D eigenvalue weighted by atomic mass is 10.1. The van der Waals surface area contributed by atoms with Crippen LogP contribution >= 0.6 is 11.6 Å². The Kier molecular flexibility index (Phi) is 6.46. The highest BCUT2D eigenvalue weighted by atomic mass is 35.5. The lowest BCUT2D eigenvalue weighted by Gasteiger charge is -2.08. The minimum Gasteiger partial charge on any atom is -0.489 e. The largest absolute Gasteiger partial charge is 0.489 e. The second-order valence-corrected chi connectivity index (χ2v) is 6.42. The summed E-state index contributed by atoms with van der Waals surface area (Å²) in [5, 5.41) is 12.7. The Hall–Kier alpha value is -3.55. The van der Waals surface area contributed by atoms with Crippen LogP contribution in [-0.2, 0) is 11.4 Å². The Bertz CT molecular complexity index is 1040. The molecule has 0 fully saturated rings. The molecule has 3 aromatic rings. The van der Waals surface area contributed by atoms with Gasteiger partial charge in [-0.25, -0.2) is 0 Å². The molecule has 0 unspecified atom stereocenters. The second-order valence-electron chi connectivity index (χ2n) is 5.98. The van der Waals surface area contributed by atoms with Crippen LogP contribution in [0.5, 0.6) is 5.75 Å². The molecule has 0 aliphatic carbocycles. The van der Waals surface area contributed by atoms with Gasteiger partial charge in [-0.15, -0.1) is 0 Å². The van der Waals surface area contributed by atoms with E-state index in [2.05, 4.69) is 5.32 Å². The van der Waals surface area contributed by atoms with Crippen molar-refractivity contribution in [2.24, 2.45) is 0 Å². The van der Waals surface area contributed by atoms with Crippen molar-refractivity contribution in [3.63, 3.8) is 0 Å². The zero-order valence-electron chi connectivity index (χ0n) is 14.9. The molecule has 0 heterocycles. The summed E-state index contributed by atoms with van der Waals surface area (Å²) in [5.41, 5.74) is 2.29. The fourth-order valence-corrected chi connectivity index (χ4v) is 2.74. The molecule has 0 aliphatic rings. The summed E-state index contributed by atoms with van der Waals surface area (Å²) in [4.78, 5) is 12.3. The van der Waals surface area contributed by atoms with Crippen molar-refractivity contribution in [1.82, 2.24) is 0 Å². The van der Waals surface area contributed by atoms with Gasteiger partial charge >= 0.3 is 0 Å². The SMILES string of the molecule is N#C/C(=C/c1cccc(OCc2cccc(Cl)c2)c1)C(=O)Nc1ccccc1. The van der Waals surface area contributed by atoms with E-state index in [9.17, 15) is 10.1 Å². The fourth-order valence-electron chi connectivity index (χ4n) is 2.52. The third-order valence-electron chi connectivity index (χ3n) is 3.86. The van der Waals surface area contributed by atoms with Gasteiger partial charge < -0.3 is 10.1 Å². The van der Waals surface area contributed by atoms with Crippen LogP contribution in [0.2, 0.25) is 5.02 Å². The smallest absolute Gasteiger partial charge is 0.266 e. The molecule has 28 heavy (non-hydrogen) atoms. The predicted molar refractivity (Wildman–Crippen MR) is 111 cm³/mol. The zero-order valence-corrected chi connectivity index (χ0v) is 15.7. The molecule has 0 bridgehead atoms. The summed E-state index contributed by atoms with van der Waals surface area (Å²) in [7, 11) is 0. The Morgan fingerprint density at radius 2 is 1.82 bits per heavy atom. The summed E-state index contributed by atoms with van der Waals surface area (Å²) >= 11 is 5.98. The van der Waals surface area contributed by atoms with Gasteiger partial charge in [-0.3, -0.25) is 4.79 Å². The number of amides is 1. The van der Waals surface area contributed by atoms with Crippen LogP contribution in [-0.4, -0.2) is 5.91 Å². The summed E-state index contributed by atoms with van der Waals surface area (Å²) in [5.74, 6) is 0.174. The first kappa shape index (κ1) is 19.2. The van der Waals surface area contributed by atoms with Crippen molar-refractivity contribution < 1.29 is 9.53 Å². The number of para-hydroxylation sites is 1. The predicted octanol–water partition coefficient (Wildman–Crippen LogP) is 5.46. The van der Waals surface area contributed by atoms with Crippen LogP contribution in [0.4, 0.5) is 5.69 Å². The number of carbonyl (C=O) groups is 1. The molecule has 0 aromatic heterocycles. The van der Waals surface area contributed by atoms with Crippen LogP contribution in [0.1, 0.15) is 11.1 Å². The Balaban J connectivity index is 1.71. The molecule has 5 heteroatoms. The van der Waals surface area contributed by atoms with E-state index in [0.717, 1.165) is 5.56 Å². The number of rotatable bonds is 6. The second kappa shape index (κ2) is 9.40. The van der Waals surface area contributed by atoms with Crippen molar-refractivity contribution in [3.05, 3.63) is 101 Å². The highest BCUT2D eigenvalue weighted by Crippen LogP contribution is 2.19. The number of halogens is 1. The van der Waals surface area contributed by atoms with E-state index in [-0.39, 0.29) is 5.57 Å². The van der Waals surface area contributed by atoms with E-state index in [4.69, 9.17) is 16.3 Å². The molecule has 0 saturated carbocycles. The first-order valence-electron chi connectivity index (χ1n) is 8.59. The van der Waals surface area contributed by atoms with Gasteiger partial charge in [-0.1, -0.05) is 54.1 Å². The summed E-state index contributed by atoms with van der Waals surface area (Å²) in [6.07, 6.45) is 1.53. The van der Waals surface area contributed by atoms with Crippen LogP contribution in [0.3, 0.4) is 0 Å². The molecule has 1 N–H and O–H groups in total. The highest BCUT2D eigenvalue weighted by molar-refractivity contribution is 6.30. The maximum Gasteiger partial charge on any atom is 0.266 e. The average Bonchev–Trinajstić information content (AvgIpc) is 2.71. The molecule has 138 valence electrons. The van der Waals surface area contributed by atoms with Crippen LogP contribution in [0.15, 0.2) is 84.4 Å². The first-order valence-corrected chi connectivity index (χ1v) is 8.97. The highest BCUT2D eigenvalue weighted by Gasteiger charge is 2.09. The molecule has 0 spiro atoms. The average molecular weight is 389 g/mol. The van der Waals surface area contributed by atoms with Crippen molar-refractivity contribution in [1.29, 1.82) is 5.26 Å². The lowest BCUT2D eigenvalue weighted by molar-refractivity contribution is -0.112. The molecular formula is C23H17ClN2O2. The fraction of sp³-hybridized carbons (Fsp3) is 0.0435. The quantitative estimate of drug-likeness (QED) is 0.450. The van der Waals surface area contributed by atoms with E-state index in [1.54, 1.807) is 30.3 Å². The van der Waals surface area contributed by atoms with Gasteiger partial charge in [-0.05, 0) is 53.6 Å². The minimum atomic E-state index is -0.459. The maximum atomic E-state index is 12.3. The number of hydrogen-bond acceptors (Lipinski definition) is 3. The number of nitrogens with zero attached hydrogens (tertiary/aromatic N) is 1. The van der Waals surface area contributed by atoms with Gasteiger partial charge in [0, 0.05) is 10.7 Å². The molecule has 3 rings (SSSR count). The summed E-state index contributed by atoms with van der Waals surface area (Å²) < 4.78 is 5.79. The van der Waals surface area contributed by atoms with Crippen LogP contribution in [0.25, 0.3) is 6.08 Å². The summed E-state index contributed by atoms with van der Waals surface area (Å²) in [6, 6.07) is 25.6. The molecule has 3 aromatic carbocycles. The number of ether oxygens (including phenoxy) is 1. The lowest BCUT2D eigenvalue weighted by Crippen LogP contribution is -2.13. The normalized spacial score (nSPS) is 10.8. The topological polar surface area (TPSA) is 62.1 Å². The summed E-state index contributed by atoms with van der Waals surface area (Å²) in [6.45, 7) is 0.368. The molecule has 0 aliphatic heterocycles. The first-order chi connectivity index (χ1) is 13.6. The number of benzene rings is 3. The van der Waals surface area contributed by atoms with E-state index in [1.165, 1.54) is 6.08 Å². The van der Waals surface area contributed by atoms with E-state index in [1.807, 2.05) is 54.6 Å².